The molecule has 1 fully saturated rings. The minimum Gasteiger partial charge on any atom is -0.497 e. The van der Waals surface area contributed by atoms with E-state index in [1.54, 1.807) is 38.5 Å². The van der Waals surface area contributed by atoms with Crippen molar-refractivity contribution in [3.05, 3.63) is 83.9 Å². The second-order valence-electron chi connectivity index (χ2n) is 10.2. The van der Waals surface area contributed by atoms with Crippen molar-refractivity contribution in [3.63, 3.8) is 0 Å². The minimum atomic E-state index is -1.59. The molecular formula is C29H34O4S. The van der Waals surface area contributed by atoms with Gasteiger partial charge in [0.1, 0.15) is 17.2 Å². The standard InChI is InChI=1S/C29H34O4S/c1-21-18-28(2,3)20-29(19-21,22-6-10-24(31-4)11-7-22)23-8-12-26(13-9-23)33-34(30)27-16-14-25(32-5)15-17-27/h6-17,21H,18-20H2,1-5H3. The van der Waals surface area contributed by atoms with E-state index in [9.17, 15) is 4.21 Å². The molecule has 0 radical (unpaired) electrons. The molecule has 1 saturated carbocycles. The van der Waals surface area contributed by atoms with Crippen molar-refractivity contribution >= 4 is 11.1 Å². The lowest BCUT2D eigenvalue weighted by atomic mass is 9.55. The third-order valence-electron chi connectivity index (χ3n) is 6.85. The fourth-order valence-corrected chi connectivity index (χ4v) is 6.48. The van der Waals surface area contributed by atoms with Gasteiger partial charge in [0.25, 0.3) is 0 Å². The molecule has 0 spiro atoms. The smallest absolute Gasteiger partial charge is 0.240 e. The molecule has 0 aliphatic heterocycles. The largest absolute Gasteiger partial charge is 0.497 e. The van der Waals surface area contributed by atoms with E-state index < -0.39 is 11.1 Å². The lowest BCUT2D eigenvalue weighted by molar-refractivity contribution is 0.127. The Morgan fingerprint density at radius 1 is 0.735 bits per heavy atom. The Balaban J connectivity index is 1.63. The van der Waals surface area contributed by atoms with Crippen LogP contribution in [0.4, 0.5) is 0 Å². The van der Waals surface area contributed by atoms with Crippen LogP contribution >= 0.6 is 0 Å². The third-order valence-corrected chi connectivity index (χ3v) is 7.85. The summed E-state index contributed by atoms with van der Waals surface area (Å²) < 4.78 is 29.1. The molecule has 3 aromatic carbocycles. The zero-order valence-corrected chi connectivity index (χ0v) is 21.5. The summed E-state index contributed by atoms with van der Waals surface area (Å²) in [5, 5.41) is 0. The Morgan fingerprint density at radius 2 is 1.21 bits per heavy atom. The molecule has 0 N–H and O–H groups in total. The molecule has 5 heteroatoms. The van der Waals surface area contributed by atoms with Gasteiger partial charge in [0, 0.05) is 5.41 Å². The zero-order valence-electron chi connectivity index (χ0n) is 20.7. The molecule has 1 aliphatic carbocycles. The first kappa shape index (κ1) is 24.3. The van der Waals surface area contributed by atoms with Gasteiger partial charge in [-0.05, 0) is 90.3 Å². The van der Waals surface area contributed by atoms with Crippen molar-refractivity contribution in [3.8, 4) is 17.2 Å². The van der Waals surface area contributed by atoms with Gasteiger partial charge in [-0.15, -0.1) is 0 Å². The maximum Gasteiger partial charge on any atom is 0.240 e. The molecule has 3 atom stereocenters. The minimum absolute atomic E-state index is 0.0961. The Hall–Kier alpha value is -2.79. The van der Waals surface area contributed by atoms with Gasteiger partial charge in [-0.2, -0.15) is 0 Å². The van der Waals surface area contributed by atoms with Gasteiger partial charge in [-0.1, -0.05) is 45.0 Å². The van der Waals surface area contributed by atoms with Crippen LogP contribution in [0.2, 0.25) is 0 Å². The van der Waals surface area contributed by atoms with E-state index >= 15 is 0 Å². The van der Waals surface area contributed by atoms with Crippen LogP contribution in [-0.2, 0) is 16.5 Å². The Bertz CT molecular complexity index is 1120. The van der Waals surface area contributed by atoms with Crippen LogP contribution in [0, 0.1) is 11.3 Å². The maximum absolute atomic E-state index is 12.7. The molecule has 1 aliphatic rings. The number of rotatable bonds is 7. The van der Waals surface area contributed by atoms with E-state index in [2.05, 4.69) is 57.2 Å². The molecule has 0 saturated heterocycles. The monoisotopic (exact) mass is 478 g/mol. The van der Waals surface area contributed by atoms with E-state index in [1.165, 1.54) is 17.5 Å². The average Bonchev–Trinajstić information content (AvgIpc) is 2.83. The van der Waals surface area contributed by atoms with Crippen LogP contribution in [0.5, 0.6) is 17.2 Å². The Morgan fingerprint density at radius 3 is 1.68 bits per heavy atom. The predicted octanol–water partition coefficient (Wildman–Crippen LogP) is 6.94. The number of hydrogen-bond acceptors (Lipinski definition) is 4. The Kier molecular flexibility index (Phi) is 7.04. The zero-order chi connectivity index (χ0) is 24.3. The molecule has 0 heterocycles. The summed E-state index contributed by atoms with van der Waals surface area (Å²) in [7, 11) is 3.31. The van der Waals surface area contributed by atoms with Crippen LogP contribution in [0.3, 0.4) is 0 Å². The van der Waals surface area contributed by atoms with Gasteiger partial charge in [0.05, 0.1) is 19.1 Å². The molecule has 3 aromatic rings. The molecule has 180 valence electrons. The van der Waals surface area contributed by atoms with E-state index in [0.717, 1.165) is 24.3 Å². The fourth-order valence-electron chi connectivity index (χ4n) is 5.74. The summed E-state index contributed by atoms with van der Waals surface area (Å²) in [6.07, 6.45) is 3.36. The highest BCUT2D eigenvalue weighted by Crippen LogP contribution is 2.53. The topological polar surface area (TPSA) is 44.8 Å². The third kappa shape index (κ3) is 5.15. The van der Waals surface area contributed by atoms with E-state index in [4.69, 9.17) is 13.7 Å². The van der Waals surface area contributed by atoms with Crippen molar-refractivity contribution in [1.82, 2.24) is 0 Å². The highest BCUT2D eigenvalue weighted by atomic mass is 32.2. The molecular weight excluding hydrogens is 444 g/mol. The van der Waals surface area contributed by atoms with Crippen LogP contribution in [0.15, 0.2) is 77.7 Å². The van der Waals surface area contributed by atoms with Crippen molar-refractivity contribution in [2.75, 3.05) is 14.2 Å². The lowest BCUT2D eigenvalue weighted by Gasteiger charge is -2.48. The van der Waals surface area contributed by atoms with E-state index in [-0.39, 0.29) is 10.8 Å². The quantitative estimate of drug-likeness (QED) is 0.369. The van der Waals surface area contributed by atoms with Crippen LogP contribution in [-0.4, -0.2) is 18.4 Å². The number of ether oxygens (including phenoxy) is 2. The van der Waals surface area contributed by atoms with Crippen LogP contribution < -0.4 is 13.7 Å². The summed E-state index contributed by atoms with van der Waals surface area (Å²) in [5.74, 6) is 2.78. The van der Waals surface area contributed by atoms with E-state index in [1.807, 2.05) is 12.1 Å². The van der Waals surface area contributed by atoms with Crippen molar-refractivity contribution < 1.29 is 17.9 Å². The first-order chi connectivity index (χ1) is 16.2. The van der Waals surface area contributed by atoms with Gasteiger partial charge in [0.15, 0.2) is 0 Å². The van der Waals surface area contributed by atoms with Gasteiger partial charge in [-0.25, -0.2) is 4.21 Å². The van der Waals surface area contributed by atoms with Crippen LogP contribution in [0.25, 0.3) is 0 Å². The second kappa shape index (κ2) is 9.83. The van der Waals surface area contributed by atoms with Crippen molar-refractivity contribution in [2.24, 2.45) is 11.3 Å². The fraction of sp³-hybridized carbons (Fsp3) is 0.379. The number of hydrogen-bond donors (Lipinski definition) is 0. The Labute approximate surface area is 205 Å². The molecule has 0 amide bonds. The highest BCUT2D eigenvalue weighted by molar-refractivity contribution is 7.80. The first-order valence-electron chi connectivity index (χ1n) is 11.7. The molecule has 4 rings (SSSR count). The van der Waals surface area contributed by atoms with Crippen LogP contribution in [0.1, 0.15) is 51.2 Å². The molecule has 0 bridgehead atoms. The highest BCUT2D eigenvalue weighted by Gasteiger charge is 2.45. The molecule has 3 unspecified atom stereocenters. The molecule has 0 aromatic heterocycles. The lowest BCUT2D eigenvalue weighted by Crippen LogP contribution is -2.41. The summed E-state index contributed by atoms with van der Waals surface area (Å²) in [6, 6.07) is 23.7. The van der Waals surface area contributed by atoms with Crippen molar-refractivity contribution in [2.45, 2.75) is 50.3 Å². The average molecular weight is 479 g/mol. The molecule has 34 heavy (non-hydrogen) atoms. The van der Waals surface area contributed by atoms with E-state index in [0.29, 0.717) is 16.6 Å². The number of methoxy groups -OCH3 is 2. The van der Waals surface area contributed by atoms with Crippen molar-refractivity contribution in [1.29, 1.82) is 0 Å². The maximum atomic E-state index is 12.7. The summed E-state index contributed by atoms with van der Waals surface area (Å²) in [5.41, 5.74) is 2.70. The van der Waals surface area contributed by atoms with Gasteiger partial charge in [0.2, 0.25) is 11.1 Å². The normalized spacial score (nSPS) is 22.6. The first-order valence-corrected chi connectivity index (χ1v) is 12.8. The second-order valence-corrected chi connectivity index (χ2v) is 11.3. The SMILES string of the molecule is COc1ccc(S(=O)Oc2ccc(C3(c4ccc(OC)cc4)CC(C)CC(C)(C)C3)cc2)cc1. The van der Waals surface area contributed by atoms with Gasteiger partial charge in [-0.3, -0.25) is 0 Å². The van der Waals surface area contributed by atoms with Gasteiger partial charge < -0.3 is 13.7 Å². The summed E-state index contributed by atoms with van der Waals surface area (Å²) in [6.45, 7) is 7.10. The summed E-state index contributed by atoms with van der Waals surface area (Å²) in [4.78, 5) is 0.599. The number of benzene rings is 3. The summed E-state index contributed by atoms with van der Waals surface area (Å²) >= 11 is -1.59. The molecule has 4 nitrogen and oxygen atoms in total. The predicted molar refractivity (Wildman–Crippen MR) is 137 cm³/mol. The van der Waals surface area contributed by atoms with Gasteiger partial charge >= 0.3 is 0 Å².